The molecule has 0 spiro atoms. The third-order valence-electron chi connectivity index (χ3n) is 5.08. The Balaban J connectivity index is 1.19. The second-order valence-electron chi connectivity index (χ2n) is 7.41. The van der Waals surface area contributed by atoms with Crippen molar-refractivity contribution in [1.29, 1.82) is 0 Å². The first-order valence-electron chi connectivity index (χ1n) is 10.6. The number of nitrogens with zero attached hydrogens (tertiary/aromatic N) is 4. The molecule has 8 nitrogen and oxygen atoms in total. The van der Waals surface area contributed by atoms with Gasteiger partial charge in [-0.3, -0.25) is 9.69 Å². The molecule has 9 heteroatoms. The highest BCUT2D eigenvalue weighted by Gasteiger charge is 2.16. The first-order valence-corrected chi connectivity index (χ1v) is 11.6. The van der Waals surface area contributed by atoms with Crippen LogP contribution in [0.3, 0.4) is 0 Å². The quantitative estimate of drug-likeness (QED) is 0.383. The molecule has 1 saturated heterocycles. The van der Waals surface area contributed by atoms with Crippen molar-refractivity contribution in [3.63, 3.8) is 0 Å². The lowest BCUT2D eigenvalue weighted by Crippen LogP contribution is -2.46. The summed E-state index contributed by atoms with van der Waals surface area (Å²) in [6.45, 7) is 4.66. The van der Waals surface area contributed by atoms with E-state index < -0.39 is 0 Å². The minimum atomic E-state index is -0.143. The molecule has 1 amide bonds. The third kappa shape index (κ3) is 6.75. The summed E-state index contributed by atoms with van der Waals surface area (Å²) < 4.78 is 11.1. The van der Waals surface area contributed by atoms with Gasteiger partial charge in [0.25, 0.3) is 11.1 Å². The van der Waals surface area contributed by atoms with E-state index in [9.17, 15) is 4.79 Å². The van der Waals surface area contributed by atoms with Gasteiger partial charge >= 0.3 is 0 Å². The number of anilines is 2. The Kier molecular flexibility index (Phi) is 7.85. The van der Waals surface area contributed by atoms with E-state index in [1.165, 1.54) is 11.8 Å². The van der Waals surface area contributed by atoms with E-state index in [0.29, 0.717) is 17.7 Å². The number of benzene rings is 2. The van der Waals surface area contributed by atoms with Crippen molar-refractivity contribution in [2.45, 2.75) is 11.8 Å². The number of hydrogen-bond donors (Lipinski definition) is 1. The molecule has 0 saturated carbocycles. The highest BCUT2D eigenvalue weighted by molar-refractivity contribution is 7.99. The second kappa shape index (κ2) is 11.4. The van der Waals surface area contributed by atoms with Crippen LogP contribution >= 0.6 is 11.8 Å². The Morgan fingerprint density at radius 2 is 1.85 bits per heavy atom. The molecule has 170 valence electrons. The molecule has 0 unspecified atom stereocenters. The highest BCUT2D eigenvalue weighted by Crippen LogP contribution is 2.21. The molecule has 0 aliphatic carbocycles. The van der Waals surface area contributed by atoms with Crippen LogP contribution in [0.5, 0.6) is 5.75 Å². The average molecular weight is 464 g/mol. The maximum Gasteiger partial charge on any atom is 0.277 e. The molecule has 2 heterocycles. The van der Waals surface area contributed by atoms with Crippen molar-refractivity contribution in [2.24, 2.45) is 0 Å². The van der Waals surface area contributed by atoms with E-state index in [0.717, 1.165) is 43.3 Å². The van der Waals surface area contributed by atoms with Crippen LogP contribution in [0.2, 0.25) is 0 Å². The number of carbonyl (C=O) groups excluding carboxylic acids is 1. The summed E-state index contributed by atoms with van der Waals surface area (Å²) in [7, 11) is 0. The number of para-hydroxylation sites is 1. The molecular weight excluding hydrogens is 438 g/mol. The molecular formula is C24H25N5O3S. The van der Waals surface area contributed by atoms with Gasteiger partial charge in [-0.2, -0.15) is 0 Å². The largest absolute Gasteiger partial charge is 0.484 e. The fraction of sp³-hybridized carbons (Fsp3) is 0.292. The van der Waals surface area contributed by atoms with Gasteiger partial charge in [-0.1, -0.05) is 35.9 Å². The number of ether oxygens (including phenoxy) is 1. The first-order chi connectivity index (χ1) is 16.2. The minimum absolute atomic E-state index is 0.143. The number of hydrogen-bond acceptors (Lipinski definition) is 8. The smallest absolute Gasteiger partial charge is 0.277 e. The van der Waals surface area contributed by atoms with Crippen LogP contribution in [-0.4, -0.2) is 59.5 Å². The van der Waals surface area contributed by atoms with Crippen molar-refractivity contribution in [3.05, 3.63) is 60.5 Å². The Morgan fingerprint density at radius 3 is 2.58 bits per heavy atom. The topological polar surface area (TPSA) is 83.7 Å². The zero-order chi connectivity index (χ0) is 22.9. The van der Waals surface area contributed by atoms with Gasteiger partial charge in [0.2, 0.25) is 5.91 Å². The molecule has 0 atom stereocenters. The van der Waals surface area contributed by atoms with Crippen molar-refractivity contribution < 1.29 is 13.9 Å². The van der Waals surface area contributed by atoms with Gasteiger partial charge in [-0.05, 0) is 36.4 Å². The predicted molar refractivity (Wildman–Crippen MR) is 128 cm³/mol. The van der Waals surface area contributed by atoms with Gasteiger partial charge in [-0.25, -0.2) is 0 Å². The number of carbonyl (C=O) groups is 1. The molecule has 1 aliphatic heterocycles. The molecule has 1 aromatic heterocycles. The van der Waals surface area contributed by atoms with Gasteiger partial charge in [0.1, 0.15) is 5.75 Å². The number of amides is 1. The van der Waals surface area contributed by atoms with Crippen LogP contribution < -0.4 is 15.0 Å². The molecule has 2 aromatic carbocycles. The van der Waals surface area contributed by atoms with Crippen LogP contribution in [-0.2, 0) is 11.4 Å². The van der Waals surface area contributed by atoms with E-state index >= 15 is 0 Å². The molecule has 4 rings (SSSR count). The van der Waals surface area contributed by atoms with Crippen LogP contribution in [0.15, 0.2) is 64.2 Å². The molecule has 3 aromatic rings. The Labute approximate surface area is 197 Å². The highest BCUT2D eigenvalue weighted by atomic mass is 32.2. The maximum absolute atomic E-state index is 12.3. The van der Waals surface area contributed by atoms with E-state index in [2.05, 4.69) is 31.2 Å². The summed E-state index contributed by atoms with van der Waals surface area (Å²) in [5.74, 6) is 3.80. The van der Waals surface area contributed by atoms with E-state index in [4.69, 9.17) is 15.6 Å². The van der Waals surface area contributed by atoms with E-state index in [1.807, 2.05) is 54.6 Å². The summed E-state index contributed by atoms with van der Waals surface area (Å²) in [6, 6.07) is 17.3. The zero-order valence-electron chi connectivity index (χ0n) is 18.1. The Morgan fingerprint density at radius 1 is 1.09 bits per heavy atom. The lowest BCUT2D eigenvalue weighted by Gasteiger charge is -2.35. The summed E-state index contributed by atoms with van der Waals surface area (Å²) in [5, 5.41) is 11.1. The lowest BCUT2D eigenvalue weighted by atomic mass is 10.2. The molecule has 33 heavy (non-hydrogen) atoms. The summed E-state index contributed by atoms with van der Waals surface area (Å²) >= 11 is 1.19. The Bertz CT molecular complexity index is 1070. The molecule has 1 aliphatic rings. The summed E-state index contributed by atoms with van der Waals surface area (Å²) in [5.41, 5.74) is 1.89. The minimum Gasteiger partial charge on any atom is -0.484 e. The van der Waals surface area contributed by atoms with Crippen LogP contribution in [0, 0.1) is 12.3 Å². The number of nitrogens with one attached hydrogen (secondary N) is 1. The Hall–Kier alpha value is -3.48. The number of piperazine rings is 1. The van der Waals surface area contributed by atoms with Gasteiger partial charge in [-0.15, -0.1) is 16.6 Å². The third-order valence-corrected chi connectivity index (χ3v) is 5.90. The molecule has 1 fully saturated rings. The van der Waals surface area contributed by atoms with Crippen LogP contribution in [0.4, 0.5) is 11.4 Å². The van der Waals surface area contributed by atoms with Gasteiger partial charge in [0.15, 0.2) is 6.61 Å². The average Bonchev–Trinajstić information content (AvgIpc) is 3.31. The van der Waals surface area contributed by atoms with Crippen LogP contribution in [0.1, 0.15) is 5.89 Å². The second-order valence-corrected chi connectivity index (χ2v) is 8.34. The molecule has 0 radical (unpaired) electrons. The van der Waals surface area contributed by atoms with Crippen molar-refractivity contribution >= 4 is 29.0 Å². The number of rotatable bonds is 9. The molecule has 0 bridgehead atoms. The normalized spacial score (nSPS) is 14.0. The van der Waals surface area contributed by atoms with Crippen LogP contribution in [0.25, 0.3) is 0 Å². The lowest BCUT2D eigenvalue weighted by molar-refractivity contribution is -0.113. The molecule has 1 N–H and O–H groups in total. The van der Waals surface area contributed by atoms with Crippen molar-refractivity contribution in [2.75, 3.05) is 48.7 Å². The number of terminal acetylenes is 1. The maximum atomic E-state index is 12.3. The van der Waals surface area contributed by atoms with E-state index in [1.54, 1.807) is 0 Å². The number of aromatic nitrogens is 2. The van der Waals surface area contributed by atoms with Crippen molar-refractivity contribution in [1.82, 2.24) is 15.1 Å². The fourth-order valence-electron chi connectivity index (χ4n) is 3.39. The first kappa shape index (κ1) is 22.7. The predicted octanol–water partition coefficient (Wildman–Crippen LogP) is 3.13. The monoisotopic (exact) mass is 463 g/mol. The van der Waals surface area contributed by atoms with Crippen molar-refractivity contribution in [3.8, 4) is 18.1 Å². The SMILES string of the molecule is C#CCN1CCN(c2ccc(NC(=O)CSc3nnc(COc4ccccc4)o3)cc2)CC1. The van der Waals surface area contributed by atoms with Gasteiger partial charge in [0, 0.05) is 37.6 Å². The zero-order valence-corrected chi connectivity index (χ0v) is 19.0. The van der Waals surface area contributed by atoms with E-state index in [-0.39, 0.29) is 18.3 Å². The summed E-state index contributed by atoms with van der Waals surface area (Å²) in [6.07, 6.45) is 5.39. The number of thioether (sulfide) groups is 1. The standard InChI is InChI=1S/C24H25N5O3S/c1-2-12-28-13-15-29(16-14-28)20-10-8-19(9-11-20)25-22(30)18-33-24-27-26-23(32-24)17-31-21-6-4-3-5-7-21/h1,3-11H,12-18H2,(H,25,30). The summed E-state index contributed by atoms with van der Waals surface area (Å²) in [4.78, 5) is 16.9. The fourth-order valence-corrected chi connectivity index (χ4v) is 3.97. The van der Waals surface area contributed by atoms with Gasteiger partial charge in [0.05, 0.1) is 12.3 Å². The van der Waals surface area contributed by atoms with Gasteiger partial charge < -0.3 is 19.4 Å².